The van der Waals surface area contributed by atoms with Crippen LogP contribution >= 0.6 is 0 Å². The molecule has 0 unspecified atom stereocenters. The van der Waals surface area contributed by atoms with Crippen LogP contribution in [0.1, 0.15) is 93.9 Å². The zero-order valence-corrected chi connectivity index (χ0v) is 22.1. The van der Waals surface area contributed by atoms with Gasteiger partial charge in [-0.2, -0.15) is 10.2 Å². The van der Waals surface area contributed by atoms with E-state index >= 15 is 0 Å². The third-order valence-corrected chi connectivity index (χ3v) is 6.65. The zero-order valence-electron chi connectivity index (χ0n) is 22.1. The summed E-state index contributed by atoms with van der Waals surface area (Å²) in [6.07, 6.45) is 16.9. The van der Waals surface area contributed by atoms with E-state index < -0.39 is 0 Å². The maximum Gasteiger partial charge on any atom is 0.131 e. The molecule has 0 atom stereocenters. The maximum absolute atomic E-state index is 14.8. The third-order valence-electron chi connectivity index (χ3n) is 6.65. The van der Waals surface area contributed by atoms with Crippen LogP contribution in [0, 0.1) is 5.82 Å². The molecule has 3 aromatic rings. The maximum atomic E-state index is 14.8. The highest BCUT2D eigenvalue weighted by molar-refractivity contribution is 5.84. The Morgan fingerprint density at radius 1 is 0.667 bits per heavy atom. The second kappa shape index (κ2) is 15.8. The highest BCUT2D eigenvalue weighted by atomic mass is 19.1. The molecular formula is C33H41FN2. The summed E-state index contributed by atoms with van der Waals surface area (Å²) in [6.45, 7) is 4.47. The molecule has 0 saturated heterocycles. The minimum atomic E-state index is -0.243. The molecule has 0 amide bonds. The van der Waals surface area contributed by atoms with E-state index in [9.17, 15) is 4.39 Å². The number of hydrogen-bond acceptors (Lipinski definition) is 2. The molecule has 0 spiro atoms. The Hall–Kier alpha value is -3.07. The number of rotatable bonds is 15. The van der Waals surface area contributed by atoms with Crippen LogP contribution in [0.15, 0.2) is 76.9 Å². The first kappa shape index (κ1) is 27.5. The van der Waals surface area contributed by atoms with E-state index in [1.54, 1.807) is 12.4 Å². The van der Waals surface area contributed by atoms with Crippen molar-refractivity contribution in [2.45, 2.75) is 84.5 Å². The predicted molar refractivity (Wildman–Crippen MR) is 154 cm³/mol. The molecule has 36 heavy (non-hydrogen) atoms. The Bertz CT molecular complexity index is 1100. The molecule has 0 aliphatic heterocycles. The van der Waals surface area contributed by atoms with Gasteiger partial charge in [-0.25, -0.2) is 4.39 Å². The quantitative estimate of drug-likeness (QED) is 0.117. The molecule has 0 aliphatic rings. The molecule has 0 bridgehead atoms. The molecule has 3 rings (SSSR count). The second-order valence-electron chi connectivity index (χ2n) is 9.60. The van der Waals surface area contributed by atoms with Crippen LogP contribution in [0.5, 0.6) is 0 Å². The molecule has 3 aromatic carbocycles. The van der Waals surface area contributed by atoms with Crippen molar-refractivity contribution >= 4 is 12.4 Å². The van der Waals surface area contributed by atoms with Crippen LogP contribution in [0.3, 0.4) is 0 Å². The van der Waals surface area contributed by atoms with Crippen molar-refractivity contribution in [2.75, 3.05) is 0 Å². The lowest BCUT2D eigenvalue weighted by Gasteiger charge is -2.07. The average Bonchev–Trinajstić information content (AvgIpc) is 2.90. The van der Waals surface area contributed by atoms with Crippen molar-refractivity contribution in [3.8, 4) is 11.1 Å². The topological polar surface area (TPSA) is 24.7 Å². The normalized spacial score (nSPS) is 11.6. The highest BCUT2D eigenvalue weighted by Gasteiger charge is 2.06. The van der Waals surface area contributed by atoms with E-state index in [0.29, 0.717) is 11.1 Å². The van der Waals surface area contributed by atoms with Crippen molar-refractivity contribution in [3.05, 3.63) is 94.8 Å². The van der Waals surface area contributed by atoms with Gasteiger partial charge in [-0.3, -0.25) is 0 Å². The first-order chi connectivity index (χ1) is 17.7. The van der Waals surface area contributed by atoms with Crippen LogP contribution in [-0.4, -0.2) is 12.4 Å². The summed E-state index contributed by atoms with van der Waals surface area (Å²) in [5.41, 5.74) is 5.93. The summed E-state index contributed by atoms with van der Waals surface area (Å²) in [5, 5.41) is 8.41. The molecule has 0 aliphatic carbocycles. The fourth-order valence-corrected chi connectivity index (χ4v) is 4.45. The van der Waals surface area contributed by atoms with Gasteiger partial charge in [-0.05, 0) is 59.6 Å². The molecule has 0 aromatic heterocycles. The fraction of sp³-hybridized carbons (Fsp3) is 0.394. The number of aryl methyl sites for hydroxylation is 2. The summed E-state index contributed by atoms with van der Waals surface area (Å²) in [4.78, 5) is 0. The first-order valence-electron chi connectivity index (χ1n) is 13.7. The number of benzene rings is 3. The fourth-order valence-electron chi connectivity index (χ4n) is 4.45. The average molecular weight is 485 g/mol. The van der Waals surface area contributed by atoms with Gasteiger partial charge >= 0.3 is 0 Å². The minimum absolute atomic E-state index is 0.243. The SMILES string of the molecule is CCCCCCCc1ccccc1C=NN=Cc1ccc(-c2ccc(CCCCCC)cc2)c(F)c1. The highest BCUT2D eigenvalue weighted by Crippen LogP contribution is 2.24. The van der Waals surface area contributed by atoms with E-state index in [-0.39, 0.29) is 5.82 Å². The van der Waals surface area contributed by atoms with E-state index in [1.165, 1.54) is 75.0 Å². The van der Waals surface area contributed by atoms with Crippen molar-refractivity contribution in [1.82, 2.24) is 0 Å². The van der Waals surface area contributed by atoms with Crippen molar-refractivity contribution in [2.24, 2.45) is 10.2 Å². The van der Waals surface area contributed by atoms with Crippen molar-refractivity contribution < 1.29 is 4.39 Å². The van der Waals surface area contributed by atoms with Gasteiger partial charge in [0.05, 0.1) is 12.4 Å². The number of nitrogens with zero attached hydrogens (tertiary/aromatic N) is 2. The van der Waals surface area contributed by atoms with Gasteiger partial charge in [0, 0.05) is 5.56 Å². The van der Waals surface area contributed by atoms with E-state index in [2.05, 4.69) is 54.4 Å². The third kappa shape index (κ3) is 9.18. The zero-order chi connectivity index (χ0) is 25.4. The van der Waals surface area contributed by atoms with E-state index in [0.717, 1.165) is 24.0 Å². The Balaban J connectivity index is 1.56. The van der Waals surface area contributed by atoms with Crippen molar-refractivity contribution in [1.29, 1.82) is 0 Å². The van der Waals surface area contributed by atoms with Gasteiger partial charge < -0.3 is 0 Å². The Morgan fingerprint density at radius 2 is 1.33 bits per heavy atom. The molecule has 0 N–H and O–H groups in total. The lowest BCUT2D eigenvalue weighted by molar-refractivity contribution is 0.631. The minimum Gasteiger partial charge on any atom is -0.206 e. The standard InChI is InChI=1S/C33H41FN2/c1-3-5-7-9-11-15-29-16-12-13-17-31(29)26-36-35-25-28-20-23-32(33(34)24-28)30-21-18-27(19-22-30)14-10-8-6-4-2/h12-13,16-26H,3-11,14-15H2,1-2H3. The van der Waals surface area contributed by atoms with Gasteiger partial charge in [0.2, 0.25) is 0 Å². The number of hydrogen-bond donors (Lipinski definition) is 0. The molecule has 2 nitrogen and oxygen atoms in total. The Labute approximate surface area is 217 Å². The molecular weight excluding hydrogens is 443 g/mol. The second-order valence-corrected chi connectivity index (χ2v) is 9.60. The summed E-state index contributed by atoms with van der Waals surface area (Å²) in [5.74, 6) is -0.243. The number of halogens is 1. The summed E-state index contributed by atoms with van der Waals surface area (Å²) >= 11 is 0. The van der Waals surface area contributed by atoms with E-state index in [4.69, 9.17) is 0 Å². The largest absolute Gasteiger partial charge is 0.206 e. The molecule has 0 fully saturated rings. The van der Waals surface area contributed by atoms with Gasteiger partial charge in [-0.15, -0.1) is 0 Å². The van der Waals surface area contributed by atoms with Crippen LogP contribution in [0.2, 0.25) is 0 Å². The summed E-state index contributed by atoms with van der Waals surface area (Å²) in [7, 11) is 0. The molecule has 3 heteroatoms. The lowest BCUT2D eigenvalue weighted by atomic mass is 10.00. The summed E-state index contributed by atoms with van der Waals surface area (Å²) < 4.78 is 14.8. The first-order valence-corrected chi connectivity index (χ1v) is 13.7. The van der Waals surface area contributed by atoms with Crippen LogP contribution in [0.25, 0.3) is 11.1 Å². The van der Waals surface area contributed by atoms with Crippen LogP contribution in [-0.2, 0) is 12.8 Å². The molecule has 0 radical (unpaired) electrons. The molecule has 190 valence electrons. The summed E-state index contributed by atoms with van der Waals surface area (Å²) in [6, 6.07) is 21.9. The van der Waals surface area contributed by atoms with Gasteiger partial charge in [0.1, 0.15) is 5.82 Å². The predicted octanol–water partition coefficient (Wildman–Crippen LogP) is 9.58. The molecule has 0 heterocycles. The van der Waals surface area contributed by atoms with Crippen LogP contribution in [0.4, 0.5) is 4.39 Å². The Kier molecular flexibility index (Phi) is 12.1. The van der Waals surface area contributed by atoms with Crippen LogP contribution < -0.4 is 0 Å². The lowest BCUT2D eigenvalue weighted by Crippen LogP contribution is -1.93. The van der Waals surface area contributed by atoms with Crippen molar-refractivity contribution in [3.63, 3.8) is 0 Å². The smallest absolute Gasteiger partial charge is 0.131 e. The Morgan fingerprint density at radius 3 is 2.08 bits per heavy atom. The van der Waals surface area contributed by atoms with Gasteiger partial charge in [-0.1, -0.05) is 119 Å². The molecule has 0 saturated carbocycles. The number of unbranched alkanes of at least 4 members (excludes halogenated alkanes) is 7. The van der Waals surface area contributed by atoms with Gasteiger partial charge in [0.15, 0.2) is 0 Å². The van der Waals surface area contributed by atoms with Gasteiger partial charge in [0.25, 0.3) is 0 Å². The van der Waals surface area contributed by atoms with E-state index in [1.807, 2.05) is 30.3 Å². The monoisotopic (exact) mass is 484 g/mol.